The summed E-state index contributed by atoms with van der Waals surface area (Å²) in [5, 5.41) is 16.5. The maximum Gasteiger partial charge on any atom is 0.123 e. The minimum Gasteiger partial charge on any atom is -0.491 e. The van der Waals surface area contributed by atoms with Gasteiger partial charge in [-0.25, -0.2) is 0 Å². The van der Waals surface area contributed by atoms with E-state index in [1.54, 1.807) is 0 Å². The largest absolute Gasteiger partial charge is 0.491 e. The predicted octanol–water partition coefficient (Wildman–Crippen LogP) is 1.39. The first-order valence-corrected chi connectivity index (χ1v) is 6.72. The average Bonchev–Trinajstić information content (AvgIpc) is 2.76. The molecule has 0 bridgehead atoms. The van der Waals surface area contributed by atoms with E-state index in [4.69, 9.17) is 9.84 Å². The number of nitrogens with one attached hydrogen (secondary N) is 1. The van der Waals surface area contributed by atoms with Crippen molar-refractivity contribution in [1.82, 2.24) is 15.1 Å². The maximum atomic E-state index is 8.83. The molecule has 0 fully saturated rings. The summed E-state index contributed by atoms with van der Waals surface area (Å²) in [6.45, 7) is 3.84. The molecule has 0 saturated heterocycles. The van der Waals surface area contributed by atoms with Crippen LogP contribution in [0.25, 0.3) is 0 Å². The lowest BCUT2D eigenvalue weighted by atomic mass is 10.2. The van der Waals surface area contributed by atoms with Crippen LogP contribution in [0, 0.1) is 6.92 Å². The molecule has 2 rings (SSSR count). The predicted molar refractivity (Wildman–Crippen MR) is 77.5 cm³/mol. The summed E-state index contributed by atoms with van der Waals surface area (Å²) in [7, 11) is 1.93. The Balaban J connectivity index is 1.92. The van der Waals surface area contributed by atoms with Crippen molar-refractivity contribution >= 4 is 0 Å². The van der Waals surface area contributed by atoms with Gasteiger partial charge in [0.1, 0.15) is 12.4 Å². The molecule has 0 saturated carbocycles. The molecule has 108 valence electrons. The normalized spacial score (nSPS) is 10.8. The van der Waals surface area contributed by atoms with E-state index in [1.165, 1.54) is 5.56 Å². The lowest BCUT2D eigenvalue weighted by Gasteiger charge is -2.11. The van der Waals surface area contributed by atoms with Crippen molar-refractivity contribution in [1.29, 1.82) is 0 Å². The fraction of sp³-hybridized carbons (Fsp3) is 0.400. The van der Waals surface area contributed by atoms with Crippen LogP contribution in [-0.2, 0) is 20.1 Å². The van der Waals surface area contributed by atoms with Gasteiger partial charge < -0.3 is 15.2 Å². The monoisotopic (exact) mass is 275 g/mol. The Labute approximate surface area is 119 Å². The minimum absolute atomic E-state index is 0.0244. The second kappa shape index (κ2) is 7.07. The van der Waals surface area contributed by atoms with E-state index < -0.39 is 0 Å². The van der Waals surface area contributed by atoms with Gasteiger partial charge in [-0.05, 0) is 13.0 Å². The molecule has 0 radical (unpaired) electrons. The summed E-state index contributed by atoms with van der Waals surface area (Å²) in [6, 6.07) is 7.86. The van der Waals surface area contributed by atoms with E-state index in [0.717, 1.165) is 30.1 Å². The zero-order chi connectivity index (χ0) is 14.4. The summed E-state index contributed by atoms with van der Waals surface area (Å²) in [6.07, 6.45) is 2.02. The van der Waals surface area contributed by atoms with Gasteiger partial charge in [0.15, 0.2) is 0 Å². The zero-order valence-electron chi connectivity index (χ0n) is 12.0. The first-order chi connectivity index (χ1) is 9.70. The Morgan fingerprint density at radius 1 is 1.25 bits per heavy atom. The number of aliphatic hydroxyl groups is 1. The molecular weight excluding hydrogens is 254 g/mol. The van der Waals surface area contributed by atoms with E-state index in [2.05, 4.69) is 10.4 Å². The molecule has 0 spiro atoms. The highest BCUT2D eigenvalue weighted by Crippen LogP contribution is 2.17. The van der Waals surface area contributed by atoms with E-state index in [1.807, 2.05) is 49.1 Å². The molecule has 1 aromatic heterocycles. The van der Waals surface area contributed by atoms with Gasteiger partial charge in [0, 0.05) is 37.5 Å². The number of hydrogen-bond acceptors (Lipinski definition) is 4. The SMILES string of the molecule is Cc1nn(C)cc1CNCc1ccccc1OCCO. The molecule has 5 nitrogen and oxygen atoms in total. The Morgan fingerprint density at radius 3 is 2.70 bits per heavy atom. The van der Waals surface area contributed by atoms with Crippen LogP contribution < -0.4 is 10.1 Å². The Hall–Kier alpha value is -1.85. The van der Waals surface area contributed by atoms with Crippen LogP contribution in [0.3, 0.4) is 0 Å². The lowest BCUT2D eigenvalue weighted by molar-refractivity contribution is 0.200. The molecule has 2 N–H and O–H groups in total. The number of ether oxygens (including phenoxy) is 1. The molecule has 2 aromatic rings. The van der Waals surface area contributed by atoms with Crippen LogP contribution >= 0.6 is 0 Å². The standard InChI is InChI=1S/C15H21N3O2/c1-12-14(11-18(2)17-12)10-16-9-13-5-3-4-6-15(13)20-8-7-19/h3-6,11,16,19H,7-10H2,1-2H3. The molecule has 0 unspecified atom stereocenters. The van der Waals surface area contributed by atoms with Gasteiger partial charge in [0.2, 0.25) is 0 Å². The third-order valence-electron chi connectivity index (χ3n) is 3.07. The summed E-state index contributed by atoms with van der Waals surface area (Å²) >= 11 is 0. The van der Waals surface area contributed by atoms with Crippen LogP contribution in [0.4, 0.5) is 0 Å². The van der Waals surface area contributed by atoms with Gasteiger partial charge in [-0.3, -0.25) is 4.68 Å². The van der Waals surface area contributed by atoms with Crippen molar-refractivity contribution in [2.24, 2.45) is 7.05 Å². The molecule has 0 aliphatic rings. The highest BCUT2D eigenvalue weighted by molar-refractivity contribution is 5.33. The third-order valence-corrected chi connectivity index (χ3v) is 3.07. The van der Waals surface area contributed by atoms with Crippen LogP contribution in [0.1, 0.15) is 16.8 Å². The zero-order valence-corrected chi connectivity index (χ0v) is 12.0. The first-order valence-electron chi connectivity index (χ1n) is 6.72. The molecule has 0 atom stereocenters. The van der Waals surface area contributed by atoms with Crippen molar-refractivity contribution in [3.8, 4) is 5.75 Å². The molecule has 1 heterocycles. The molecule has 1 aromatic carbocycles. The molecule has 5 heteroatoms. The van der Waals surface area contributed by atoms with Crippen molar-refractivity contribution in [3.63, 3.8) is 0 Å². The van der Waals surface area contributed by atoms with E-state index in [9.17, 15) is 0 Å². The fourth-order valence-corrected chi connectivity index (χ4v) is 2.10. The molecule has 20 heavy (non-hydrogen) atoms. The van der Waals surface area contributed by atoms with Crippen LogP contribution in [0.2, 0.25) is 0 Å². The maximum absolute atomic E-state index is 8.83. The highest BCUT2D eigenvalue weighted by atomic mass is 16.5. The second-order valence-electron chi connectivity index (χ2n) is 4.70. The van der Waals surface area contributed by atoms with Gasteiger partial charge in [-0.2, -0.15) is 5.10 Å². The number of para-hydroxylation sites is 1. The summed E-state index contributed by atoms with van der Waals surface area (Å²) < 4.78 is 7.33. The smallest absolute Gasteiger partial charge is 0.123 e. The minimum atomic E-state index is 0.0244. The average molecular weight is 275 g/mol. The Morgan fingerprint density at radius 2 is 2.00 bits per heavy atom. The first kappa shape index (κ1) is 14.6. The third kappa shape index (κ3) is 3.82. The van der Waals surface area contributed by atoms with Crippen molar-refractivity contribution in [3.05, 3.63) is 47.3 Å². The van der Waals surface area contributed by atoms with Crippen molar-refractivity contribution in [2.45, 2.75) is 20.0 Å². The Kier molecular flexibility index (Phi) is 5.15. The number of rotatable bonds is 7. The number of hydrogen-bond donors (Lipinski definition) is 2. The van der Waals surface area contributed by atoms with Crippen LogP contribution in [0.15, 0.2) is 30.5 Å². The summed E-state index contributed by atoms with van der Waals surface area (Å²) in [4.78, 5) is 0. The number of aromatic nitrogens is 2. The van der Waals surface area contributed by atoms with Gasteiger partial charge in [-0.15, -0.1) is 0 Å². The quantitative estimate of drug-likeness (QED) is 0.801. The molecule has 0 aliphatic carbocycles. The van der Waals surface area contributed by atoms with E-state index in [-0.39, 0.29) is 6.61 Å². The Bertz CT molecular complexity index is 552. The van der Waals surface area contributed by atoms with Crippen molar-refractivity contribution < 1.29 is 9.84 Å². The molecular formula is C15H21N3O2. The molecule has 0 amide bonds. The number of aliphatic hydroxyl groups excluding tert-OH is 1. The summed E-state index contributed by atoms with van der Waals surface area (Å²) in [5.74, 6) is 0.817. The molecule has 0 aliphatic heterocycles. The van der Waals surface area contributed by atoms with Crippen molar-refractivity contribution in [2.75, 3.05) is 13.2 Å². The van der Waals surface area contributed by atoms with Gasteiger partial charge in [0.25, 0.3) is 0 Å². The number of aryl methyl sites for hydroxylation is 2. The highest BCUT2D eigenvalue weighted by Gasteiger charge is 2.05. The van der Waals surface area contributed by atoms with Gasteiger partial charge >= 0.3 is 0 Å². The lowest BCUT2D eigenvalue weighted by Crippen LogP contribution is -2.14. The van der Waals surface area contributed by atoms with Gasteiger partial charge in [-0.1, -0.05) is 18.2 Å². The topological polar surface area (TPSA) is 59.3 Å². The van der Waals surface area contributed by atoms with E-state index in [0.29, 0.717) is 6.61 Å². The van der Waals surface area contributed by atoms with Crippen LogP contribution in [0.5, 0.6) is 5.75 Å². The van der Waals surface area contributed by atoms with Crippen LogP contribution in [-0.4, -0.2) is 28.1 Å². The van der Waals surface area contributed by atoms with E-state index >= 15 is 0 Å². The number of benzene rings is 1. The second-order valence-corrected chi connectivity index (χ2v) is 4.70. The number of nitrogens with zero attached hydrogens (tertiary/aromatic N) is 2. The fourth-order valence-electron chi connectivity index (χ4n) is 2.10. The summed E-state index contributed by atoms with van der Waals surface area (Å²) in [5.41, 5.74) is 3.33. The van der Waals surface area contributed by atoms with Gasteiger partial charge in [0.05, 0.1) is 12.3 Å².